The van der Waals surface area contributed by atoms with Gasteiger partial charge < -0.3 is 10.1 Å². The van der Waals surface area contributed by atoms with Crippen molar-refractivity contribution >= 4 is 29.3 Å². The van der Waals surface area contributed by atoms with Gasteiger partial charge in [0.1, 0.15) is 5.82 Å². The van der Waals surface area contributed by atoms with E-state index in [-0.39, 0.29) is 18.5 Å². The van der Waals surface area contributed by atoms with Crippen molar-refractivity contribution in [3.05, 3.63) is 100 Å². The summed E-state index contributed by atoms with van der Waals surface area (Å²) in [6, 6.07) is 18.8. The summed E-state index contributed by atoms with van der Waals surface area (Å²) in [7, 11) is 0. The Morgan fingerprint density at radius 3 is 2.46 bits per heavy atom. The minimum absolute atomic E-state index is 0.304. The zero-order chi connectivity index (χ0) is 19.8. The Hall–Kier alpha value is -3.25. The van der Waals surface area contributed by atoms with Gasteiger partial charge in [-0.15, -0.1) is 11.3 Å². The molecule has 3 aromatic rings. The number of benzene rings is 2. The number of carbonyl (C=O) groups excluding carboxylic acids is 2. The maximum Gasteiger partial charge on any atom is 0.331 e. The van der Waals surface area contributed by atoms with Crippen LogP contribution in [-0.4, -0.2) is 18.5 Å². The number of esters is 1. The Labute approximate surface area is 166 Å². The third kappa shape index (κ3) is 5.62. The average molecular weight is 395 g/mol. The van der Waals surface area contributed by atoms with Crippen LogP contribution in [0.25, 0.3) is 6.08 Å². The largest absolute Gasteiger partial charge is 0.452 e. The Kier molecular flexibility index (Phi) is 6.70. The quantitative estimate of drug-likeness (QED) is 0.478. The molecule has 0 bridgehead atoms. The van der Waals surface area contributed by atoms with E-state index in [1.165, 1.54) is 47.8 Å². The van der Waals surface area contributed by atoms with Crippen LogP contribution in [0.15, 0.2) is 78.2 Å². The van der Waals surface area contributed by atoms with E-state index in [2.05, 4.69) is 5.32 Å². The summed E-state index contributed by atoms with van der Waals surface area (Å²) in [5.41, 5.74) is 1.60. The van der Waals surface area contributed by atoms with Crippen LogP contribution < -0.4 is 5.32 Å². The predicted molar refractivity (Wildman–Crippen MR) is 107 cm³/mol. The lowest BCUT2D eigenvalue weighted by molar-refractivity contribution is -0.143. The zero-order valence-electron chi connectivity index (χ0n) is 14.9. The molecule has 1 amide bonds. The molecule has 142 valence electrons. The van der Waals surface area contributed by atoms with Gasteiger partial charge >= 0.3 is 5.97 Å². The highest BCUT2D eigenvalue weighted by Crippen LogP contribution is 2.25. The average Bonchev–Trinajstić information content (AvgIpc) is 3.25. The van der Waals surface area contributed by atoms with Crippen LogP contribution in [0, 0.1) is 5.82 Å². The minimum Gasteiger partial charge on any atom is -0.452 e. The highest BCUT2D eigenvalue weighted by atomic mass is 32.1. The van der Waals surface area contributed by atoms with Gasteiger partial charge in [0.25, 0.3) is 5.91 Å². The first kappa shape index (κ1) is 19.5. The number of ether oxygens (including phenoxy) is 1. The molecule has 0 aliphatic heterocycles. The molecule has 1 unspecified atom stereocenters. The zero-order valence-corrected chi connectivity index (χ0v) is 15.7. The topological polar surface area (TPSA) is 55.4 Å². The second-order valence-corrected chi connectivity index (χ2v) is 6.90. The van der Waals surface area contributed by atoms with Crippen molar-refractivity contribution in [2.75, 3.05) is 6.61 Å². The van der Waals surface area contributed by atoms with Crippen LogP contribution in [0.4, 0.5) is 4.39 Å². The Bertz CT molecular complexity index is 938. The van der Waals surface area contributed by atoms with E-state index in [1.54, 1.807) is 0 Å². The molecule has 2 aromatic carbocycles. The van der Waals surface area contributed by atoms with Crippen molar-refractivity contribution in [2.45, 2.75) is 6.04 Å². The molecule has 1 N–H and O–H groups in total. The van der Waals surface area contributed by atoms with Crippen molar-refractivity contribution in [2.24, 2.45) is 0 Å². The van der Waals surface area contributed by atoms with Gasteiger partial charge in [0, 0.05) is 11.0 Å². The molecule has 0 saturated carbocycles. The summed E-state index contributed by atoms with van der Waals surface area (Å²) in [4.78, 5) is 25.1. The van der Waals surface area contributed by atoms with Gasteiger partial charge in [0.15, 0.2) is 6.61 Å². The minimum atomic E-state index is -0.646. The molecule has 3 rings (SSSR count). The van der Waals surface area contributed by atoms with E-state index < -0.39 is 11.9 Å². The summed E-state index contributed by atoms with van der Waals surface area (Å²) in [6.07, 6.45) is 2.70. The number of hydrogen-bond acceptors (Lipinski definition) is 4. The van der Waals surface area contributed by atoms with E-state index in [1.807, 2.05) is 47.8 Å². The van der Waals surface area contributed by atoms with Gasteiger partial charge in [0.05, 0.1) is 6.04 Å². The number of hydrogen-bond donors (Lipinski definition) is 1. The molecule has 1 aromatic heterocycles. The third-order valence-electron chi connectivity index (χ3n) is 3.89. The molecule has 0 spiro atoms. The molecule has 0 radical (unpaired) electrons. The molecule has 0 aliphatic rings. The fourth-order valence-electron chi connectivity index (χ4n) is 2.55. The predicted octanol–water partition coefficient (Wildman–Crippen LogP) is 4.35. The maximum absolute atomic E-state index is 12.9. The molecular weight excluding hydrogens is 377 g/mol. The Morgan fingerprint density at radius 1 is 1.04 bits per heavy atom. The van der Waals surface area contributed by atoms with Crippen LogP contribution in [0.3, 0.4) is 0 Å². The summed E-state index contributed by atoms with van der Waals surface area (Å²) >= 11 is 1.54. The van der Waals surface area contributed by atoms with Gasteiger partial charge in [-0.1, -0.05) is 48.5 Å². The molecule has 6 heteroatoms. The van der Waals surface area contributed by atoms with Crippen LogP contribution in [-0.2, 0) is 14.3 Å². The van der Waals surface area contributed by atoms with Crippen molar-refractivity contribution < 1.29 is 18.7 Å². The summed E-state index contributed by atoms with van der Waals surface area (Å²) in [6.45, 7) is -0.388. The summed E-state index contributed by atoms with van der Waals surface area (Å²) < 4.78 is 17.9. The Balaban J connectivity index is 1.56. The maximum atomic E-state index is 12.9. The van der Waals surface area contributed by atoms with Crippen LogP contribution in [0.5, 0.6) is 0 Å². The van der Waals surface area contributed by atoms with E-state index in [4.69, 9.17) is 4.74 Å². The lowest BCUT2D eigenvalue weighted by Crippen LogP contribution is -2.32. The van der Waals surface area contributed by atoms with Crippen molar-refractivity contribution in [1.82, 2.24) is 5.32 Å². The molecule has 0 saturated heterocycles. The molecule has 0 fully saturated rings. The number of halogens is 1. The molecule has 1 atom stereocenters. The SMILES string of the molecule is O=C(COC(=O)/C=C/c1ccc(F)cc1)NC(c1ccccc1)c1cccs1. The van der Waals surface area contributed by atoms with Crippen molar-refractivity contribution in [1.29, 1.82) is 0 Å². The second-order valence-electron chi connectivity index (χ2n) is 5.92. The first-order chi connectivity index (χ1) is 13.6. The van der Waals surface area contributed by atoms with E-state index in [9.17, 15) is 14.0 Å². The van der Waals surface area contributed by atoms with E-state index in [0.717, 1.165) is 10.4 Å². The molecule has 1 heterocycles. The smallest absolute Gasteiger partial charge is 0.331 e. The van der Waals surface area contributed by atoms with Crippen molar-refractivity contribution in [3.8, 4) is 0 Å². The first-order valence-corrected chi connectivity index (χ1v) is 9.48. The highest BCUT2D eigenvalue weighted by molar-refractivity contribution is 7.10. The number of nitrogens with one attached hydrogen (secondary N) is 1. The highest BCUT2D eigenvalue weighted by Gasteiger charge is 2.18. The molecule has 4 nitrogen and oxygen atoms in total. The van der Waals surface area contributed by atoms with Gasteiger partial charge in [-0.25, -0.2) is 9.18 Å². The van der Waals surface area contributed by atoms with Gasteiger partial charge in [-0.05, 0) is 40.8 Å². The van der Waals surface area contributed by atoms with E-state index >= 15 is 0 Å². The molecule has 0 aliphatic carbocycles. The summed E-state index contributed by atoms with van der Waals surface area (Å²) in [5, 5.41) is 4.84. The van der Waals surface area contributed by atoms with Crippen LogP contribution in [0.1, 0.15) is 22.0 Å². The number of rotatable bonds is 7. The fraction of sp³-hybridized carbons (Fsp3) is 0.0909. The number of thiophene rings is 1. The van der Waals surface area contributed by atoms with Gasteiger partial charge in [0.2, 0.25) is 0 Å². The Morgan fingerprint density at radius 2 is 1.79 bits per heavy atom. The first-order valence-electron chi connectivity index (χ1n) is 8.60. The van der Waals surface area contributed by atoms with Crippen molar-refractivity contribution in [3.63, 3.8) is 0 Å². The molecule has 28 heavy (non-hydrogen) atoms. The standard InChI is InChI=1S/C22H18FNO3S/c23-18-11-8-16(9-12-18)10-13-21(26)27-15-20(25)24-22(19-7-4-14-28-19)17-5-2-1-3-6-17/h1-14,22H,15H2,(H,24,25)/b13-10+. The number of amides is 1. The van der Waals surface area contributed by atoms with Gasteiger partial charge in [-0.2, -0.15) is 0 Å². The fourth-order valence-corrected chi connectivity index (χ4v) is 3.35. The lowest BCUT2D eigenvalue weighted by atomic mass is 10.1. The van der Waals surface area contributed by atoms with Gasteiger partial charge in [-0.3, -0.25) is 4.79 Å². The molecular formula is C22H18FNO3S. The lowest BCUT2D eigenvalue weighted by Gasteiger charge is -2.18. The van der Waals surface area contributed by atoms with Crippen LogP contribution >= 0.6 is 11.3 Å². The summed E-state index contributed by atoms with van der Waals surface area (Å²) in [5.74, 6) is -1.40. The monoisotopic (exact) mass is 395 g/mol. The number of carbonyl (C=O) groups is 2. The normalized spacial score (nSPS) is 11.9. The second kappa shape index (κ2) is 9.62. The van der Waals surface area contributed by atoms with Crippen LogP contribution in [0.2, 0.25) is 0 Å². The third-order valence-corrected chi connectivity index (χ3v) is 4.83. The van der Waals surface area contributed by atoms with E-state index in [0.29, 0.717) is 5.56 Å².